The highest BCUT2D eigenvalue weighted by Gasteiger charge is 2.43. The number of phenolic OH excluding ortho intramolecular Hbond substituents is 1. The number of rotatable bonds is 3. The Kier molecular flexibility index (Phi) is 3.98. The Bertz CT molecular complexity index is 821. The van der Waals surface area contributed by atoms with Crippen LogP contribution in [0, 0.1) is 11.3 Å². The van der Waals surface area contributed by atoms with E-state index in [2.05, 4.69) is 15.5 Å². The van der Waals surface area contributed by atoms with Gasteiger partial charge in [0.15, 0.2) is 6.17 Å². The molecule has 2 aliphatic heterocycles. The average Bonchev–Trinajstić information content (AvgIpc) is 3.04. The van der Waals surface area contributed by atoms with Crippen molar-refractivity contribution in [3.63, 3.8) is 0 Å². The SMILES string of the molecule is N#Cc1ccc(-c2ccc(O[C@H]3CC4CCC(N4)[C@H]3F)nn2)c(O)c1. The number of hydrogen-bond acceptors (Lipinski definition) is 6. The number of benzene rings is 1. The Morgan fingerprint density at radius 2 is 2.12 bits per heavy atom. The van der Waals surface area contributed by atoms with Crippen LogP contribution < -0.4 is 10.1 Å². The monoisotopic (exact) mass is 340 g/mol. The lowest BCUT2D eigenvalue weighted by Crippen LogP contribution is -2.51. The summed E-state index contributed by atoms with van der Waals surface area (Å²) in [5, 5.41) is 30.2. The highest BCUT2D eigenvalue weighted by molar-refractivity contribution is 5.67. The van der Waals surface area contributed by atoms with E-state index >= 15 is 0 Å². The molecule has 2 aromatic rings. The second kappa shape index (κ2) is 6.30. The van der Waals surface area contributed by atoms with Gasteiger partial charge in [-0.3, -0.25) is 0 Å². The molecule has 2 fully saturated rings. The maximum atomic E-state index is 14.4. The van der Waals surface area contributed by atoms with E-state index in [4.69, 9.17) is 10.00 Å². The van der Waals surface area contributed by atoms with Crippen molar-refractivity contribution in [2.75, 3.05) is 0 Å². The summed E-state index contributed by atoms with van der Waals surface area (Å²) in [5.74, 6) is 0.228. The van der Waals surface area contributed by atoms with Crippen LogP contribution in [0.5, 0.6) is 11.6 Å². The van der Waals surface area contributed by atoms with Crippen molar-refractivity contribution in [2.45, 2.75) is 43.6 Å². The fourth-order valence-electron chi connectivity index (χ4n) is 3.57. The zero-order chi connectivity index (χ0) is 17.4. The highest BCUT2D eigenvalue weighted by atomic mass is 19.1. The molecule has 2 unspecified atom stereocenters. The zero-order valence-electron chi connectivity index (χ0n) is 13.4. The minimum Gasteiger partial charge on any atom is -0.507 e. The third kappa shape index (κ3) is 3.01. The summed E-state index contributed by atoms with van der Waals surface area (Å²) in [6.45, 7) is 0. The molecule has 2 bridgehead atoms. The number of ether oxygens (including phenoxy) is 1. The number of halogens is 1. The van der Waals surface area contributed by atoms with Crippen molar-refractivity contribution in [1.82, 2.24) is 15.5 Å². The van der Waals surface area contributed by atoms with Crippen molar-refractivity contribution >= 4 is 0 Å². The van der Waals surface area contributed by atoms with Gasteiger partial charge in [-0.15, -0.1) is 10.2 Å². The standard InChI is InChI=1S/C18H17FN4O2/c19-18-14-4-2-11(21-14)8-16(18)25-17-6-5-13(22-23-17)12-3-1-10(9-20)7-15(12)24/h1,3,5-7,11,14,16,18,21,24H,2,4,8H2/t11?,14?,16-,18+/m0/s1. The van der Waals surface area contributed by atoms with Crippen LogP contribution in [-0.4, -0.2) is 39.7 Å². The van der Waals surface area contributed by atoms with Crippen LogP contribution in [0.25, 0.3) is 11.3 Å². The lowest BCUT2D eigenvalue weighted by atomic mass is 10.0. The molecule has 7 heteroatoms. The minimum atomic E-state index is -1.05. The quantitative estimate of drug-likeness (QED) is 0.891. The second-order valence-corrected chi connectivity index (χ2v) is 6.48. The first-order valence-corrected chi connectivity index (χ1v) is 8.28. The van der Waals surface area contributed by atoms with Gasteiger partial charge >= 0.3 is 0 Å². The summed E-state index contributed by atoms with van der Waals surface area (Å²) in [5.41, 5.74) is 1.29. The maximum absolute atomic E-state index is 14.4. The molecule has 3 heterocycles. The predicted octanol–water partition coefficient (Wildman–Crippen LogP) is 2.33. The molecule has 6 nitrogen and oxygen atoms in total. The minimum absolute atomic E-state index is 0.0410. The molecule has 0 aliphatic carbocycles. The molecule has 0 saturated carbocycles. The number of nitrogens with one attached hydrogen (secondary N) is 1. The van der Waals surface area contributed by atoms with E-state index in [1.54, 1.807) is 24.3 Å². The van der Waals surface area contributed by atoms with Gasteiger partial charge in [0.2, 0.25) is 5.88 Å². The number of aromatic hydroxyl groups is 1. The summed E-state index contributed by atoms with van der Waals surface area (Å²) in [6.07, 6.45) is 0.879. The van der Waals surface area contributed by atoms with E-state index in [-0.39, 0.29) is 17.7 Å². The molecule has 0 spiro atoms. The molecule has 2 N–H and O–H groups in total. The summed E-state index contributed by atoms with van der Waals surface area (Å²) in [4.78, 5) is 0. The zero-order valence-corrected chi connectivity index (χ0v) is 13.4. The Morgan fingerprint density at radius 1 is 1.24 bits per heavy atom. The van der Waals surface area contributed by atoms with Crippen molar-refractivity contribution in [2.24, 2.45) is 0 Å². The summed E-state index contributed by atoms with van der Waals surface area (Å²) >= 11 is 0. The van der Waals surface area contributed by atoms with Gasteiger partial charge < -0.3 is 15.2 Å². The summed E-state index contributed by atoms with van der Waals surface area (Å²) in [6, 6.07) is 10.0. The summed E-state index contributed by atoms with van der Waals surface area (Å²) in [7, 11) is 0. The van der Waals surface area contributed by atoms with E-state index in [0.29, 0.717) is 29.3 Å². The Hall–Kier alpha value is -2.72. The molecule has 25 heavy (non-hydrogen) atoms. The highest BCUT2D eigenvalue weighted by Crippen LogP contribution is 2.32. The Morgan fingerprint density at radius 3 is 2.84 bits per heavy atom. The van der Waals surface area contributed by atoms with Crippen LogP contribution in [-0.2, 0) is 0 Å². The fourth-order valence-corrected chi connectivity index (χ4v) is 3.57. The van der Waals surface area contributed by atoms with Crippen LogP contribution in [0.4, 0.5) is 4.39 Å². The van der Waals surface area contributed by atoms with Gasteiger partial charge in [-0.05, 0) is 37.1 Å². The lowest BCUT2D eigenvalue weighted by molar-refractivity contribution is 0.0422. The molecule has 1 aromatic heterocycles. The second-order valence-electron chi connectivity index (χ2n) is 6.48. The maximum Gasteiger partial charge on any atom is 0.233 e. The normalized spacial score (nSPS) is 27.7. The van der Waals surface area contributed by atoms with Crippen LogP contribution in [0.2, 0.25) is 0 Å². The van der Waals surface area contributed by atoms with E-state index in [1.165, 1.54) is 6.07 Å². The van der Waals surface area contributed by atoms with Crippen LogP contribution >= 0.6 is 0 Å². The number of piperidine rings is 1. The first-order chi connectivity index (χ1) is 12.1. The van der Waals surface area contributed by atoms with Crippen LogP contribution in [0.15, 0.2) is 30.3 Å². The summed E-state index contributed by atoms with van der Waals surface area (Å²) < 4.78 is 20.1. The molecule has 4 rings (SSSR count). The van der Waals surface area contributed by atoms with Crippen molar-refractivity contribution in [3.05, 3.63) is 35.9 Å². The van der Waals surface area contributed by atoms with Crippen molar-refractivity contribution in [1.29, 1.82) is 5.26 Å². The van der Waals surface area contributed by atoms with Gasteiger partial charge in [0.1, 0.15) is 11.9 Å². The molecule has 2 saturated heterocycles. The fraction of sp³-hybridized carbons (Fsp3) is 0.389. The average molecular weight is 340 g/mol. The van der Waals surface area contributed by atoms with Gasteiger partial charge in [-0.2, -0.15) is 5.26 Å². The number of alkyl halides is 1. The molecule has 0 amide bonds. The first-order valence-electron chi connectivity index (χ1n) is 8.28. The molecule has 128 valence electrons. The Labute approximate surface area is 144 Å². The Balaban J connectivity index is 1.50. The molecule has 1 aromatic carbocycles. The number of nitrogens with zero attached hydrogens (tertiary/aromatic N) is 3. The molecule has 2 aliphatic rings. The van der Waals surface area contributed by atoms with Gasteiger partial charge in [0, 0.05) is 30.1 Å². The molecule has 0 radical (unpaired) electrons. The molecular formula is C18H17FN4O2. The largest absolute Gasteiger partial charge is 0.507 e. The van der Waals surface area contributed by atoms with E-state index in [1.807, 2.05) is 6.07 Å². The lowest BCUT2D eigenvalue weighted by Gasteiger charge is -2.32. The van der Waals surface area contributed by atoms with Crippen molar-refractivity contribution < 1.29 is 14.2 Å². The topological polar surface area (TPSA) is 91.1 Å². The van der Waals surface area contributed by atoms with Gasteiger partial charge in [0.05, 0.1) is 17.3 Å². The number of aromatic nitrogens is 2. The van der Waals surface area contributed by atoms with Gasteiger partial charge in [-0.25, -0.2) is 4.39 Å². The molecule has 4 atom stereocenters. The first kappa shape index (κ1) is 15.8. The predicted molar refractivity (Wildman–Crippen MR) is 87.7 cm³/mol. The number of hydrogen-bond donors (Lipinski definition) is 2. The van der Waals surface area contributed by atoms with Crippen molar-refractivity contribution in [3.8, 4) is 29.0 Å². The van der Waals surface area contributed by atoms with Gasteiger partial charge in [0.25, 0.3) is 0 Å². The number of fused-ring (bicyclic) bond motifs is 2. The van der Waals surface area contributed by atoms with Crippen LogP contribution in [0.3, 0.4) is 0 Å². The van der Waals surface area contributed by atoms with E-state index < -0.39 is 12.3 Å². The third-order valence-electron chi connectivity index (χ3n) is 4.85. The third-order valence-corrected chi connectivity index (χ3v) is 4.85. The van der Waals surface area contributed by atoms with Gasteiger partial charge in [-0.1, -0.05) is 0 Å². The number of nitriles is 1. The smallest absolute Gasteiger partial charge is 0.233 e. The van der Waals surface area contributed by atoms with Crippen LogP contribution in [0.1, 0.15) is 24.8 Å². The van der Waals surface area contributed by atoms with E-state index in [0.717, 1.165) is 12.8 Å². The molecular weight excluding hydrogens is 323 g/mol. The number of phenols is 1. The van der Waals surface area contributed by atoms with E-state index in [9.17, 15) is 9.50 Å².